The lowest BCUT2D eigenvalue weighted by molar-refractivity contribution is -0.114. The summed E-state index contributed by atoms with van der Waals surface area (Å²) in [5.41, 5.74) is 14.9. The molecule has 7 nitrogen and oxygen atoms in total. The minimum Gasteiger partial charge on any atom is -0.396 e. The molecule has 2 amide bonds. The number of rotatable bonds is 3. The van der Waals surface area contributed by atoms with Crippen LogP contribution in [0.3, 0.4) is 0 Å². The molecule has 3 rings (SSSR count). The summed E-state index contributed by atoms with van der Waals surface area (Å²) in [5, 5.41) is 6.86. The highest BCUT2D eigenvalue weighted by Crippen LogP contribution is 2.27. The van der Waals surface area contributed by atoms with E-state index in [9.17, 15) is 9.59 Å². The van der Waals surface area contributed by atoms with Gasteiger partial charge in [-0.15, -0.1) is 0 Å². The molecule has 5 N–H and O–H groups in total. The van der Waals surface area contributed by atoms with Gasteiger partial charge in [-0.05, 0) is 23.8 Å². The van der Waals surface area contributed by atoms with Crippen LogP contribution in [0.25, 0.3) is 16.6 Å². The summed E-state index contributed by atoms with van der Waals surface area (Å²) in [6.07, 6.45) is 3.16. The Morgan fingerprint density at radius 2 is 1.87 bits per heavy atom. The Hall–Kier alpha value is -3.35. The van der Waals surface area contributed by atoms with Crippen molar-refractivity contribution in [2.75, 3.05) is 11.1 Å². The molecule has 1 aromatic carbocycles. The lowest BCUT2D eigenvalue weighted by Crippen LogP contribution is -2.15. The average molecular weight is 309 g/mol. The quantitative estimate of drug-likeness (QED) is 0.682. The smallest absolute Gasteiger partial charge is 0.252 e. The standard InChI is InChI=1S/C16H15N5O2/c1-9(22)20-12-4-2-10(3-5-12)11-6-14-15(17)13(16(18)23)7-19-21(14)8-11/h2-8H,17H2,1H3,(H2,18,23)(H,20,22). The first-order chi connectivity index (χ1) is 11.0. The van der Waals surface area contributed by atoms with E-state index in [4.69, 9.17) is 11.5 Å². The number of nitrogen functional groups attached to an aromatic ring is 1. The molecule has 0 aliphatic rings. The number of fused-ring (bicyclic) bond motifs is 1. The maximum atomic E-state index is 11.3. The number of nitrogens with two attached hydrogens (primary N) is 2. The Kier molecular flexibility index (Phi) is 3.46. The zero-order valence-corrected chi connectivity index (χ0v) is 12.4. The number of primary amides is 1. The molecule has 0 atom stereocenters. The van der Waals surface area contributed by atoms with Gasteiger partial charge in [0.05, 0.1) is 23.0 Å². The van der Waals surface area contributed by atoms with Crippen molar-refractivity contribution >= 4 is 28.7 Å². The Morgan fingerprint density at radius 1 is 1.17 bits per heavy atom. The molecule has 0 unspecified atom stereocenters. The summed E-state index contributed by atoms with van der Waals surface area (Å²) < 4.78 is 1.60. The summed E-state index contributed by atoms with van der Waals surface area (Å²) in [6.45, 7) is 1.46. The van der Waals surface area contributed by atoms with Crippen LogP contribution >= 0.6 is 0 Å². The summed E-state index contributed by atoms with van der Waals surface area (Å²) in [4.78, 5) is 22.4. The fraction of sp³-hybridized carbons (Fsp3) is 0.0625. The lowest BCUT2D eigenvalue weighted by atomic mass is 10.1. The largest absolute Gasteiger partial charge is 0.396 e. The molecule has 3 aromatic rings. The molecule has 0 saturated heterocycles. The Labute approximate surface area is 131 Å². The van der Waals surface area contributed by atoms with Crippen LogP contribution in [0.15, 0.2) is 42.7 Å². The molecule has 116 valence electrons. The summed E-state index contributed by atoms with van der Waals surface area (Å²) in [7, 11) is 0. The van der Waals surface area contributed by atoms with E-state index in [2.05, 4.69) is 10.4 Å². The van der Waals surface area contributed by atoms with E-state index in [0.29, 0.717) is 11.2 Å². The van der Waals surface area contributed by atoms with E-state index >= 15 is 0 Å². The van der Waals surface area contributed by atoms with Gasteiger partial charge in [-0.1, -0.05) is 12.1 Å². The third-order valence-corrected chi connectivity index (χ3v) is 3.48. The normalized spacial score (nSPS) is 10.7. The van der Waals surface area contributed by atoms with Gasteiger partial charge in [0.2, 0.25) is 5.91 Å². The number of nitrogens with one attached hydrogen (secondary N) is 1. The first kappa shape index (κ1) is 14.6. The number of anilines is 2. The monoisotopic (exact) mass is 309 g/mol. The molecule has 0 aliphatic carbocycles. The molecule has 0 spiro atoms. The van der Waals surface area contributed by atoms with Crippen molar-refractivity contribution in [2.24, 2.45) is 5.73 Å². The molecular formula is C16H15N5O2. The number of aromatic nitrogens is 2. The van der Waals surface area contributed by atoms with Crippen molar-refractivity contribution in [1.29, 1.82) is 0 Å². The maximum Gasteiger partial charge on any atom is 0.252 e. The van der Waals surface area contributed by atoms with Crippen molar-refractivity contribution in [2.45, 2.75) is 6.92 Å². The third kappa shape index (κ3) is 2.71. The van der Waals surface area contributed by atoms with Crippen LogP contribution in [0.4, 0.5) is 11.4 Å². The van der Waals surface area contributed by atoms with Gasteiger partial charge in [-0.3, -0.25) is 9.59 Å². The number of amides is 2. The summed E-state index contributed by atoms with van der Waals surface area (Å²) >= 11 is 0. The Balaban J connectivity index is 2.02. The fourth-order valence-corrected chi connectivity index (χ4v) is 2.38. The van der Waals surface area contributed by atoms with Crippen LogP contribution < -0.4 is 16.8 Å². The third-order valence-electron chi connectivity index (χ3n) is 3.48. The zero-order chi connectivity index (χ0) is 16.6. The fourth-order valence-electron chi connectivity index (χ4n) is 2.38. The highest BCUT2D eigenvalue weighted by Gasteiger charge is 2.12. The second-order valence-electron chi connectivity index (χ2n) is 5.15. The second kappa shape index (κ2) is 5.45. The van der Waals surface area contributed by atoms with Crippen LogP contribution in [0.1, 0.15) is 17.3 Å². The minimum absolute atomic E-state index is 0.122. The Morgan fingerprint density at radius 3 is 2.48 bits per heavy atom. The summed E-state index contributed by atoms with van der Waals surface area (Å²) in [5.74, 6) is -0.733. The van der Waals surface area contributed by atoms with Crippen LogP contribution in [0.5, 0.6) is 0 Å². The topological polar surface area (TPSA) is 116 Å². The van der Waals surface area contributed by atoms with Crippen molar-refractivity contribution in [1.82, 2.24) is 9.61 Å². The molecule has 0 fully saturated rings. The first-order valence-electron chi connectivity index (χ1n) is 6.90. The predicted molar refractivity (Wildman–Crippen MR) is 87.9 cm³/mol. The van der Waals surface area contributed by atoms with E-state index in [1.54, 1.807) is 4.52 Å². The molecule has 2 heterocycles. The van der Waals surface area contributed by atoms with Crippen LogP contribution in [0, 0.1) is 0 Å². The van der Waals surface area contributed by atoms with Gasteiger partial charge in [0.1, 0.15) is 0 Å². The van der Waals surface area contributed by atoms with Crippen LogP contribution in [0.2, 0.25) is 0 Å². The zero-order valence-electron chi connectivity index (χ0n) is 12.4. The number of benzene rings is 1. The van der Waals surface area contributed by atoms with E-state index in [1.165, 1.54) is 13.1 Å². The van der Waals surface area contributed by atoms with Gasteiger partial charge >= 0.3 is 0 Å². The van der Waals surface area contributed by atoms with E-state index in [-0.39, 0.29) is 11.5 Å². The van der Waals surface area contributed by atoms with Crippen molar-refractivity contribution in [3.8, 4) is 11.1 Å². The molecular weight excluding hydrogens is 294 g/mol. The lowest BCUT2D eigenvalue weighted by Gasteiger charge is -2.02. The van der Waals surface area contributed by atoms with Crippen molar-refractivity contribution in [3.05, 3.63) is 48.3 Å². The predicted octanol–water partition coefficient (Wildman–Crippen LogP) is 1.64. The molecule has 0 saturated carbocycles. The first-order valence-corrected chi connectivity index (χ1v) is 6.90. The molecule has 0 aliphatic heterocycles. The number of hydrogen-bond acceptors (Lipinski definition) is 4. The molecule has 2 aromatic heterocycles. The average Bonchev–Trinajstić information content (AvgIpc) is 2.92. The van der Waals surface area contributed by atoms with Gasteiger partial charge in [0.15, 0.2) is 0 Å². The van der Waals surface area contributed by atoms with Crippen molar-refractivity contribution in [3.63, 3.8) is 0 Å². The number of carbonyl (C=O) groups excluding carboxylic acids is 2. The SMILES string of the molecule is CC(=O)Nc1ccc(-c2cc3c(N)c(C(N)=O)cnn3c2)cc1. The minimum atomic E-state index is -0.611. The molecule has 23 heavy (non-hydrogen) atoms. The highest BCUT2D eigenvalue weighted by atomic mass is 16.1. The van der Waals surface area contributed by atoms with Gasteiger partial charge in [0.25, 0.3) is 5.91 Å². The van der Waals surface area contributed by atoms with E-state index in [1.807, 2.05) is 36.5 Å². The summed E-state index contributed by atoms with van der Waals surface area (Å²) in [6, 6.07) is 9.22. The van der Waals surface area contributed by atoms with Crippen LogP contribution in [-0.4, -0.2) is 21.4 Å². The molecule has 7 heteroatoms. The van der Waals surface area contributed by atoms with Crippen molar-refractivity contribution < 1.29 is 9.59 Å². The van der Waals surface area contributed by atoms with E-state index < -0.39 is 5.91 Å². The van der Waals surface area contributed by atoms with Gasteiger partial charge in [-0.2, -0.15) is 5.10 Å². The van der Waals surface area contributed by atoms with E-state index in [0.717, 1.165) is 16.8 Å². The van der Waals surface area contributed by atoms with Gasteiger partial charge in [0, 0.05) is 24.4 Å². The van der Waals surface area contributed by atoms with Crippen LogP contribution in [-0.2, 0) is 4.79 Å². The highest BCUT2D eigenvalue weighted by molar-refractivity contribution is 6.01. The van der Waals surface area contributed by atoms with Gasteiger partial charge < -0.3 is 16.8 Å². The number of hydrogen-bond donors (Lipinski definition) is 3. The molecule has 0 bridgehead atoms. The number of carbonyl (C=O) groups is 2. The second-order valence-corrected chi connectivity index (χ2v) is 5.15. The maximum absolute atomic E-state index is 11.3. The molecule has 0 radical (unpaired) electrons. The Bertz CT molecular complexity index is 912. The number of nitrogens with zero attached hydrogens (tertiary/aromatic N) is 2. The van der Waals surface area contributed by atoms with Gasteiger partial charge in [-0.25, -0.2) is 4.52 Å².